The smallest absolute Gasteiger partial charge is 0.161 e. The van der Waals surface area contributed by atoms with Crippen LogP contribution in [0.5, 0.6) is 11.5 Å². The van der Waals surface area contributed by atoms with E-state index in [1.165, 1.54) is 0 Å². The SMILES string of the molecule is COc1cc([C@@H]2NN=C(c3ccccc3)S2)ccc1OCc1ccc(Cl)cc1Cl. The second-order valence-corrected chi connectivity index (χ2v) is 8.28. The van der Waals surface area contributed by atoms with Crippen molar-refractivity contribution in [3.05, 3.63) is 93.5 Å². The van der Waals surface area contributed by atoms with Gasteiger partial charge in [0.2, 0.25) is 0 Å². The first-order valence-electron chi connectivity index (χ1n) is 8.94. The van der Waals surface area contributed by atoms with Gasteiger partial charge >= 0.3 is 0 Å². The van der Waals surface area contributed by atoms with Gasteiger partial charge in [-0.05, 0) is 29.8 Å². The fourth-order valence-corrected chi connectivity index (χ4v) is 4.35. The third-order valence-corrected chi connectivity index (χ3v) is 6.17. The maximum Gasteiger partial charge on any atom is 0.161 e. The molecule has 4 rings (SSSR count). The maximum absolute atomic E-state index is 6.23. The number of hydrogen-bond acceptors (Lipinski definition) is 5. The largest absolute Gasteiger partial charge is 0.493 e. The van der Waals surface area contributed by atoms with Crippen LogP contribution < -0.4 is 14.9 Å². The van der Waals surface area contributed by atoms with Crippen LogP contribution in [0.1, 0.15) is 22.1 Å². The van der Waals surface area contributed by atoms with Crippen LogP contribution in [0.2, 0.25) is 10.0 Å². The summed E-state index contributed by atoms with van der Waals surface area (Å²) in [6, 6.07) is 21.3. The Labute approximate surface area is 183 Å². The first-order valence-corrected chi connectivity index (χ1v) is 10.6. The summed E-state index contributed by atoms with van der Waals surface area (Å²) in [4.78, 5) is 0. The predicted octanol–water partition coefficient (Wildman–Crippen LogP) is 6.28. The normalized spacial score (nSPS) is 15.6. The molecule has 0 spiro atoms. The van der Waals surface area contributed by atoms with Crippen LogP contribution in [0.25, 0.3) is 0 Å². The van der Waals surface area contributed by atoms with Crippen molar-refractivity contribution in [2.75, 3.05) is 7.11 Å². The van der Waals surface area contributed by atoms with E-state index in [0.717, 1.165) is 21.7 Å². The highest BCUT2D eigenvalue weighted by atomic mass is 35.5. The zero-order valence-corrected chi connectivity index (χ0v) is 17.9. The minimum Gasteiger partial charge on any atom is -0.493 e. The molecule has 0 radical (unpaired) electrons. The molecule has 29 heavy (non-hydrogen) atoms. The molecule has 0 fully saturated rings. The van der Waals surface area contributed by atoms with Gasteiger partial charge in [0.25, 0.3) is 0 Å². The average Bonchev–Trinajstić information content (AvgIpc) is 3.24. The molecular weight excluding hydrogens is 427 g/mol. The van der Waals surface area contributed by atoms with E-state index in [2.05, 4.69) is 22.7 Å². The molecule has 1 aliphatic rings. The van der Waals surface area contributed by atoms with E-state index in [-0.39, 0.29) is 5.37 Å². The molecule has 1 atom stereocenters. The van der Waals surface area contributed by atoms with Crippen molar-refractivity contribution in [1.82, 2.24) is 5.43 Å². The lowest BCUT2D eigenvalue weighted by atomic mass is 10.2. The van der Waals surface area contributed by atoms with Crippen LogP contribution in [-0.2, 0) is 6.61 Å². The van der Waals surface area contributed by atoms with Crippen molar-refractivity contribution in [3.8, 4) is 11.5 Å². The van der Waals surface area contributed by atoms with Gasteiger partial charge in [-0.15, -0.1) is 0 Å². The minimum atomic E-state index is 0.0128. The summed E-state index contributed by atoms with van der Waals surface area (Å²) in [6.45, 7) is 0.323. The summed E-state index contributed by atoms with van der Waals surface area (Å²) in [5, 5.41) is 6.62. The first-order chi connectivity index (χ1) is 14.1. The molecular formula is C22H18Cl2N2O2S. The predicted molar refractivity (Wildman–Crippen MR) is 120 cm³/mol. The van der Waals surface area contributed by atoms with Gasteiger partial charge in [-0.1, -0.05) is 77.4 Å². The van der Waals surface area contributed by atoms with Gasteiger partial charge in [0.1, 0.15) is 17.0 Å². The number of ether oxygens (including phenoxy) is 2. The summed E-state index contributed by atoms with van der Waals surface area (Å²) in [7, 11) is 1.63. The second kappa shape index (κ2) is 8.99. The number of thioether (sulfide) groups is 1. The fourth-order valence-electron chi connectivity index (χ4n) is 2.90. The number of benzene rings is 3. The Kier molecular flexibility index (Phi) is 6.19. The lowest BCUT2D eigenvalue weighted by Crippen LogP contribution is -2.07. The molecule has 3 aromatic carbocycles. The zero-order valence-electron chi connectivity index (χ0n) is 15.6. The summed E-state index contributed by atoms with van der Waals surface area (Å²) < 4.78 is 11.5. The Balaban J connectivity index is 1.46. The van der Waals surface area contributed by atoms with Gasteiger partial charge in [-0.3, -0.25) is 5.43 Å². The third kappa shape index (κ3) is 4.64. The van der Waals surface area contributed by atoms with Crippen molar-refractivity contribution in [2.45, 2.75) is 12.0 Å². The van der Waals surface area contributed by atoms with E-state index >= 15 is 0 Å². The number of hydrogen-bond donors (Lipinski definition) is 1. The summed E-state index contributed by atoms with van der Waals surface area (Å²) in [5.74, 6) is 1.30. The van der Waals surface area contributed by atoms with Gasteiger partial charge in [0.05, 0.1) is 7.11 Å². The minimum absolute atomic E-state index is 0.0128. The van der Waals surface area contributed by atoms with Crippen LogP contribution >= 0.6 is 35.0 Å². The van der Waals surface area contributed by atoms with E-state index in [1.807, 2.05) is 42.5 Å². The number of rotatable bonds is 6. The molecule has 0 saturated carbocycles. The van der Waals surface area contributed by atoms with Crippen molar-refractivity contribution in [2.24, 2.45) is 5.10 Å². The van der Waals surface area contributed by atoms with Crippen molar-refractivity contribution in [1.29, 1.82) is 0 Å². The first kappa shape index (κ1) is 20.0. The molecule has 0 aromatic heterocycles. The highest BCUT2D eigenvalue weighted by Crippen LogP contribution is 2.38. The number of nitrogens with zero attached hydrogens (tertiary/aromatic N) is 1. The van der Waals surface area contributed by atoms with Crippen LogP contribution in [-0.4, -0.2) is 12.2 Å². The number of hydrazone groups is 1. The van der Waals surface area contributed by atoms with Crippen molar-refractivity contribution in [3.63, 3.8) is 0 Å². The maximum atomic E-state index is 6.23. The fraction of sp³-hybridized carbons (Fsp3) is 0.136. The average molecular weight is 445 g/mol. The van der Waals surface area contributed by atoms with Gasteiger partial charge in [0.15, 0.2) is 11.5 Å². The lowest BCUT2D eigenvalue weighted by Gasteiger charge is -2.15. The van der Waals surface area contributed by atoms with E-state index < -0.39 is 0 Å². The van der Waals surface area contributed by atoms with Crippen LogP contribution in [0.4, 0.5) is 0 Å². The Morgan fingerprint density at radius 3 is 2.59 bits per heavy atom. The van der Waals surface area contributed by atoms with E-state index in [4.69, 9.17) is 32.7 Å². The summed E-state index contributed by atoms with van der Waals surface area (Å²) >= 11 is 13.8. The van der Waals surface area contributed by atoms with Crippen LogP contribution in [0.15, 0.2) is 71.8 Å². The van der Waals surface area contributed by atoms with E-state index in [9.17, 15) is 0 Å². The van der Waals surface area contributed by atoms with Crippen molar-refractivity contribution < 1.29 is 9.47 Å². The standard InChI is InChI=1S/C22H18Cl2N2O2S/c1-27-20-11-15(22-26-25-21(29-22)14-5-3-2-4-6-14)8-10-19(20)28-13-16-7-9-17(23)12-18(16)24/h2-12,22,26H,13H2,1H3/t22-/m1/s1. The molecule has 0 bridgehead atoms. The molecule has 7 heteroatoms. The van der Waals surface area contributed by atoms with Gasteiger partial charge in [0, 0.05) is 21.2 Å². The molecule has 0 amide bonds. The van der Waals surface area contributed by atoms with Crippen LogP contribution in [0, 0.1) is 0 Å². The van der Waals surface area contributed by atoms with Gasteiger partial charge in [-0.25, -0.2) is 0 Å². The molecule has 1 heterocycles. The Bertz CT molecular complexity index is 1040. The number of halogens is 2. The quantitative estimate of drug-likeness (QED) is 0.485. The van der Waals surface area contributed by atoms with Gasteiger partial charge in [-0.2, -0.15) is 5.10 Å². The summed E-state index contributed by atoms with van der Waals surface area (Å²) in [6.07, 6.45) is 0. The molecule has 0 aliphatic carbocycles. The molecule has 1 N–H and O–H groups in total. The van der Waals surface area contributed by atoms with E-state index in [0.29, 0.717) is 28.2 Å². The highest BCUT2D eigenvalue weighted by Gasteiger charge is 2.23. The zero-order chi connectivity index (χ0) is 20.2. The lowest BCUT2D eigenvalue weighted by molar-refractivity contribution is 0.284. The molecule has 0 unspecified atom stereocenters. The van der Waals surface area contributed by atoms with Crippen molar-refractivity contribution >= 4 is 40.0 Å². The second-order valence-electron chi connectivity index (χ2n) is 6.34. The Morgan fingerprint density at radius 2 is 1.83 bits per heavy atom. The van der Waals surface area contributed by atoms with Gasteiger partial charge < -0.3 is 9.47 Å². The summed E-state index contributed by atoms with van der Waals surface area (Å²) in [5.41, 5.74) is 6.20. The molecule has 0 saturated heterocycles. The van der Waals surface area contributed by atoms with E-state index in [1.54, 1.807) is 31.0 Å². The molecule has 4 nitrogen and oxygen atoms in total. The van der Waals surface area contributed by atoms with Crippen LogP contribution in [0.3, 0.4) is 0 Å². The number of nitrogens with one attached hydrogen (secondary N) is 1. The molecule has 3 aromatic rings. The molecule has 148 valence electrons. The number of methoxy groups -OCH3 is 1. The highest BCUT2D eigenvalue weighted by molar-refractivity contribution is 8.14. The monoisotopic (exact) mass is 444 g/mol. The molecule has 1 aliphatic heterocycles. The third-order valence-electron chi connectivity index (χ3n) is 4.42. The topological polar surface area (TPSA) is 42.8 Å². The Morgan fingerprint density at radius 1 is 1.00 bits per heavy atom. The Hall–Kier alpha value is -2.34.